The number of anilines is 1. The average molecular weight is 335 g/mol. The van der Waals surface area contributed by atoms with Crippen LogP contribution in [0.5, 0.6) is 11.5 Å². The topological polar surface area (TPSA) is 78.3 Å². The zero-order chi connectivity index (χ0) is 16.9. The Balaban J connectivity index is 1.49. The minimum atomic E-state index is -0.144. The molecule has 0 atom stereocenters. The number of methoxy groups -OCH3 is 1. The van der Waals surface area contributed by atoms with Crippen molar-refractivity contribution in [1.29, 1.82) is 0 Å². The van der Waals surface area contributed by atoms with Gasteiger partial charge in [0.25, 0.3) is 5.91 Å². The third-order valence-electron chi connectivity index (χ3n) is 4.46. The minimum Gasteiger partial charge on any atom is -0.486 e. The SMILES string of the molecule is COC(=O)C1CC[NH+](CC(=O)Nc2ccc3c(c2)OCCO3)CC1. The first-order valence-corrected chi connectivity index (χ1v) is 8.26. The first-order chi connectivity index (χ1) is 11.7. The van der Waals surface area contributed by atoms with E-state index >= 15 is 0 Å². The van der Waals surface area contributed by atoms with Gasteiger partial charge in [0.05, 0.1) is 26.1 Å². The second-order valence-electron chi connectivity index (χ2n) is 6.13. The third-order valence-corrected chi connectivity index (χ3v) is 4.46. The molecule has 2 heterocycles. The lowest BCUT2D eigenvalue weighted by atomic mass is 9.97. The maximum absolute atomic E-state index is 12.2. The van der Waals surface area contributed by atoms with E-state index in [9.17, 15) is 9.59 Å². The van der Waals surface area contributed by atoms with Gasteiger partial charge in [0.15, 0.2) is 18.0 Å². The zero-order valence-corrected chi connectivity index (χ0v) is 13.8. The molecule has 0 spiro atoms. The molecule has 0 saturated carbocycles. The van der Waals surface area contributed by atoms with Gasteiger partial charge in [-0.05, 0) is 12.1 Å². The van der Waals surface area contributed by atoms with Gasteiger partial charge in [-0.15, -0.1) is 0 Å². The average Bonchev–Trinajstić information content (AvgIpc) is 2.61. The molecule has 1 aromatic carbocycles. The molecule has 1 fully saturated rings. The van der Waals surface area contributed by atoms with Crippen molar-refractivity contribution < 1.29 is 28.7 Å². The maximum atomic E-state index is 12.2. The molecule has 2 aliphatic rings. The van der Waals surface area contributed by atoms with Crippen LogP contribution in [0.1, 0.15) is 12.8 Å². The monoisotopic (exact) mass is 335 g/mol. The van der Waals surface area contributed by atoms with E-state index in [-0.39, 0.29) is 17.8 Å². The Morgan fingerprint density at radius 1 is 1.21 bits per heavy atom. The van der Waals surface area contributed by atoms with Gasteiger partial charge in [0, 0.05) is 24.6 Å². The summed E-state index contributed by atoms with van der Waals surface area (Å²) >= 11 is 0. The van der Waals surface area contributed by atoms with Crippen LogP contribution in [-0.4, -0.2) is 51.8 Å². The lowest BCUT2D eigenvalue weighted by molar-refractivity contribution is -0.897. The number of nitrogens with one attached hydrogen (secondary N) is 2. The van der Waals surface area contributed by atoms with E-state index in [0.29, 0.717) is 36.9 Å². The van der Waals surface area contributed by atoms with Crippen LogP contribution in [0.3, 0.4) is 0 Å². The number of hydrogen-bond donors (Lipinski definition) is 2. The number of amides is 1. The van der Waals surface area contributed by atoms with Crippen molar-refractivity contribution in [3.63, 3.8) is 0 Å². The summed E-state index contributed by atoms with van der Waals surface area (Å²) in [5.74, 6) is 1.15. The molecule has 1 aromatic rings. The second-order valence-corrected chi connectivity index (χ2v) is 6.13. The number of esters is 1. The first kappa shape index (κ1) is 16.6. The van der Waals surface area contributed by atoms with Gasteiger partial charge in [-0.3, -0.25) is 9.59 Å². The van der Waals surface area contributed by atoms with Crippen LogP contribution in [0.25, 0.3) is 0 Å². The molecule has 0 aliphatic carbocycles. The molecular formula is C17H23N2O5+. The molecule has 7 nitrogen and oxygen atoms in total. The summed E-state index contributed by atoms with van der Waals surface area (Å²) in [5, 5.41) is 2.90. The molecule has 0 radical (unpaired) electrons. The molecule has 2 aliphatic heterocycles. The van der Waals surface area contributed by atoms with Gasteiger partial charge in [-0.2, -0.15) is 0 Å². The number of piperidine rings is 1. The lowest BCUT2D eigenvalue weighted by Gasteiger charge is -2.27. The molecule has 0 bridgehead atoms. The normalized spacial score (nSPS) is 22.5. The van der Waals surface area contributed by atoms with Gasteiger partial charge < -0.3 is 24.4 Å². The first-order valence-electron chi connectivity index (χ1n) is 8.26. The van der Waals surface area contributed by atoms with Gasteiger partial charge in [-0.25, -0.2) is 0 Å². The largest absolute Gasteiger partial charge is 0.486 e. The fourth-order valence-corrected chi connectivity index (χ4v) is 3.16. The van der Waals surface area contributed by atoms with Crippen molar-refractivity contribution in [2.75, 3.05) is 45.3 Å². The van der Waals surface area contributed by atoms with Crippen molar-refractivity contribution in [3.05, 3.63) is 18.2 Å². The summed E-state index contributed by atoms with van der Waals surface area (Å²) in [7, 11) is 1.42. The van der Waals surface area contributed by atoms with E-state index in [0.717, 1.165) is 25.9 Å². The fraction of sp³-hybridized carbons (Fsp3) is 0.529. The van der Waals surface area contributed by atoms with Crippen molar-refractivity contribution >= 4 is 17.6 Å². The highest BCUT2D eigenvalue weighted by Crippen LogP contribution is 2.32. The molecule has 7 heteroatoms. The predicted octanol–water partition coefficient (Wildman–Crippen LogP) is -0.136. The van der Waals surface area contributed by atoms with E-state index in [1.807, 2.05) is 6.07 Å². The molecule has 1 saturated heterocycles. The van der Waals surface area contributed by atoms with Gasteiger partial charge in [-0.1, -0.05) is 0 Å². The lowest BCUT2D eigenvalue weighted by Crippen LogP contribution is -3.14. The quantitative estimate of drug-likeness (QED) is 0.749. The minimum absolute atomic E-state index is 0.0281. The molecular weight excluding hydrogens is 312 g/mol. The molecule has 1 amide bonds. The zero-order valence-electron chi connectivity index (χ0n) is 13.8. The van der Waals surface area contributed by atoms with Gasteiger partial charge >= 0.3 is 5.97 Å². The van der Waals surface area contributed by atoms with Crippen molar-refractivity contribution in [1.82, 2.24) is 0 Å². The number of rotatable bonds is 4. The number of ether oxygens (including phenoxy) is 3. The Labute approximate surface area is 140 Å². The number of benzene rings is 1. The number of likely N-dealkylation sites (tertiary alicyclic amines) is 1. The van der Waals surface area contributed by atoms with E-state index in [2.05, 4.69) is 5.32 Å². The summed E-state index contributed by atoms with van der Waals surface area (Å²) in [6, 6.07) is 5.40. The summed E-state index contributed by atoms with van der Waals surface area (Å²) < 4.78 is 15.8. The maximum Gasteiger partial charge on any atom is 0.309 e. The van der Waals surface area contributed by atoms with Crippen LogP contribution in [0.4, 0.5) is 5.69 Å². The van der Waals surface area contributed by atoms with Crippen molar-refractivity contribution in [2.45, 2.75) is 12.8 Å². The van der Waals surface area contributed by atoms with E-state index < -0.39 is 0 Å². The molecule has 0 unspecified atom stereocenters. The van der Waals surface area contributed by atoms with Crippen LogP contribution in [0.2, 0.25) is 0 Å². The number of hydrogen-bond acceptors (Lipinski definition) is 5. The van der Waals surface area contributed by atoms with E-state index in [1.165, 1.54) is 12.0 Å². The molecule has 130 valence electrons. The predicted molar refractivity (Wildman–Crippen MR) is 86.4 cm³/mol. The van der Waals surface area contributed by atoms with Crippen molar-refractivity contribution in [3.8, 4) is 11.5 Å². The smallest absolute Gasteiger partial charge is 0.309 e. The summed E-state index contributed by atoms with van der Waals surface area (Å²) in [5.41, 5.74) is 0.702. The second kappa shape index (κ2) is 7.53. The third kappa shape index (κ3) is 3.97. The Kier molecular flexibility index (Phi) is 5.20. The van der Waals surface area contributed by atoms with Gasteiger partial charge in [0.2, 0.25) is 0 Å². The molecule has 0 aromatic heterocycles. The molecule has 2 N–H and O–H groups in total. The molecule has 3 rings (SSSR count). The Morgan fingerprint density at radius 3 is 2.62 bits per heavy atom. The number of carbonyl (C=O) groups excluding carboxylic acids is 2. The highest BCUT2D eigenvalue weighted by atomic mass is 16.6. The summed E-state index contributed by atoms with van der Waals surface area (Å²) in [6.45, 7) is 3.05. The number of fused-ring (bicyclic) bond motifs is 1. The standard InChI is InChI=1S/C17H22N2O5/c1-22-17(21)12-4-6-19(7-5-12)11-16(20)18-13-2-3-14-15(10-13)24-9-8-23-14/h2-3,10,12H,4-9,11H2,1H3,(H,18,20)/p+1. The Morgan fingerprint density at radius 2 is 1.92 bits per heavy atom. The van der Waals surface area contributed by atoms with E-state index in [1.54, 1.807) is 12.1 Å². The highest BCUT2D eigenvalue weighted by molar-refractivity contribution is 5.91. The van der Waals surface area contributed by atoms with Crippen LogP contribution < -0.4 is 19.7 Å². The Hall–Kier alpha value is -2.28. The van der Waals surface area contributed by atoms with Crippen molar-refractivity contribution in [2.24, 2.45) is 5.92 Å². The van der Waals surface area contributed by atoms with Crippen LogP contribution >= 0.6 is 0 Å². The van der Waals surface area contributed by atoms with Crippen LogP contribution in [-0.2, 0) is 14.3 Å². The summed E-state index contributed by atoms with van der Waals surface area (Å²) in [4.78, 5) is 24.9. The summed E-state index contributed by atoms with van der Waals surface area (Å²) in [6.07, 6.45) is 1.53. The van der Waals surface area contributed by atoms with E-state index in [4.69, 9.17) is 14.2 Å². The fourth-order valence-electron chi connectivity index (χ4n) is 3.16. The molecule has 24 heavy (non-hydrogen) atoms. The number of carbonyl (C=O) groups is 2. The number of quaternary nitrogens is 1. The van der Waals surface area contributed by atoms with Crippen LogP contribution in [0.15, 0.2) is 18.2 Å². The van der Waals surface area contributed by atoms with Gasteiger partial charge in [0.1, 0.15) is 13.2 Å². The highest BCUT2D eigenvalue weighted by Gasteiger charge is 2.29. The Bertz CT molecular complexity index is 611. The van der Waals surface area contributed by atoms with Crippen LogP contribution in [0, 0.1) is 5.92 Å².